The summed E-state index contributed by atoms with van der Waals surface area (Å²) in [5.74, 6) is 1.85. The van der Waals surface area contributed by atoms with E-state index in [2.05, 4.69) is 0 Å². The maximum absolute atomic E-state index is 14.2. The highest BCUT2D eigenvalue weighted by atomic mass is 16.5. The number of carbonyl (C=O) groups excluding carboxylic acids is 2. The lowest BCUT2D eigenvalue weighted by Gasteiger charge is -2.21. The number of hydrogen-bond acceptors (Lipinski definition) is 7. The molecule has 0 N–H and O–H groups in total. The largest absolute Gasteiger partial charge is 0.497 e. The van der Waals surface area contributed by atoms with Crippen molar-refractivity contribution in [3.05, 3.63) is 119 Å². The van der Waals surface area contributed by atoms with E-state index in [1.807, 2.05) is 60.1 Å². The minimum atomic E-state index is -0.519. The summed E-state index contributed by atoms with van der Waals surface area (Å²) in [6.07, 6.45) is 1.30. The Kier molecular flexibility index (Phi) is 9.48. The van der Waals surface area contributed by atoms with E-state index in [9.17, 15) is 9.59 Å². The van der Waals surface area contributed by atoms with Crippen molar-refractivity contribution in [1.29, 1.82) is 0 Å². The standard InChI is InChI=1S/C36H35N3O6/c1-38-32(23-8-24-6-15-28(42-2)16-7-24)33(25-9-17-29(43-3)18-10-25)37-36(38)39(34(40)26-11-19-30(44-4)20-12-26)35(41)27-13-21-31(45-5)22-14-27/h6-7,9-22H,8,23H2,1-5H3. The van der Waals surface area contributed by atoms with Crippen molar-refractivity contribution < 1.29 is 28.5 Å². The van der Waals surface area contributed by atoms with Crippen LogP contribution in [0.4, 0.5) is 5.95 Å². The zero-order valence-electron chi connectivity index (χ0n) is 25.9. The van der Waals surface area contributed by atoms with Crippen molar-refractivity contribution in [2.75, 3.05) is 33.3 Å². The van der Waals surface area contributed by atoms with E-state index in [1.54, 1.807) is 77.0 Å². The number of aryl methyl sites for hydroxylation is 1. The lowest BCUT2D eigenvalue weighted by Crippen LogP contribution is -2.39. The van der Waals surface area contributed by atoms with Crippen molar-refractivity contribution in [3.8, 4) is 34.3 Å². The van der Waals surface area contributed by atoms with Gasteiger partial charge in [-0.25, -0.2) is 9.88 Å². The highest BCUT2D eigenvalue weighted by Gasteiger charge is 2.32. The maximum Gasteiger partial charge on any atom is 0.267 e. The van der Waals surface area contributed by atoms with Crippen LogP contribution in [0.2, 0.25) is 0 Å². The van der Waals surface area contributed by atoms with E-state index in [4.69, 9.17) is 23.9 Å². The van der Waals surface area contributed by atoms with Gasteiger partial charge in [-0.2, -0.15) is 0 Å². The van der Waals surface area contributed by atoms with Gasteiger partial charge in [0.05, 0.1) is 34.1 Å². The van der Waals surface area contributed by atoms with E-state index in [-0.39, 0.29) is 5.95 Å². The Morgan fingerprint density at radius 3 is 1.42 bits per heavy atom. The molecule has 0 aliphatic heterocycles. The van der Waals surface area contributed by atoms with Crippen molar-refractivity contribution in [1.82, 2.24) is 9.55 Å². The fraction of sp³-hybridized carbons (Fsp3) is 0.194. The molecule has 0 fully saturated rings. The molecule has 1 aromatic heterocycles. The van der Waals surface area contributed by atoms with Gasteiger partial charge in [-0.1, -0.05) is 12.1 Å². The summed E-state index contributed by atoms with van der Waals surface area (Å²) in [5.41, 5.74) is 4.09. The predicted octanol–water partition coefficient (Wildman–Crippen LogP) is 6.39. The fourth-order valence-corrected chi connectivity index (χ4v) is 5.04. The van der Waals surface area contributed by atoms with Crippen molar-refractivity contribution in [2.24, 2.45) is 7.05 Å². The van der Waals surface area contributed by atoms with Crippen LogP contribution in [0, 0.1) is 0 Å². The molecule has 9 heteroatoms. The van der Waals surface area contributed by atoms with Gasteiger partial charge >= 0.3 is 0 Å². The molecular weight excluding hydrogens is 570 g/mol. The van der Waals surface area contributed by atoms with Crippen LogP contribution in [-0.4, -0.2) is 49.8 Å². The molecule has 2 amide bonds. The Morgan fingerprint density at radius 1 is 0.600 bits per heavy atom. The van der Waals surface area contributed by atoms with Crippen LogP contribution in [0.3, 0.4) is 0 Å². The molecule has 230 valence electrons. The fourth-order valence-electron chi connectivity index (χ4n) is 5.04. The Hall–Kier alpha value is -5.57. The minimum Gasteiger partial charge on any atom is -0.497 e. The molecule has 4 aromatic carbocycles. The molecule has 0 unspecified atom stereocenters. The van der Waals surface area contributed by atoms with Gasteiger partial charge in [0, 0.05) is 29.4 Å². The smallest absolute Gasteiger partial charge is 0.267 e. The summed E-state index contributed by atoms with van der Waals surface area (Å²) in [6, 6.07) is 28.7. The minimum absolute atomic E-state index is 0.201. The second kappa shape index (κ2) is 13.8. The normalized spacial score (nSPS) is 10.7. The number of carbonyl (C=O) groups is 2. The van der Waals surface area contributed by atoms with Crippen LogP contribution in [0.1, 0.15) is 32.0 Å². The zero-order chi connectivity index (χ0) is 31.9. The molecule has 0 spiro atoms. The van der Waals surface area contributed by atoms with Crippen LogP contribution in [0.15, 0.2) is 97.1 Å². The highest BCUT2D eigenvalue weighted by Crippen LogP contribution is 2.32. The molecule has 45 heavy (non-hydrogen) atoms. The van der Waals surface area contributed by atoms with E-state index >= 15 is 0 Å². The first-order valence-corrected chi connectivity index (χ1v) is 14.4. The topological polar surface area (TPSA) is 92.1 Å². The monoisotopic (exact) mass is 605 g/mol. The number of benzene rings is 4. The van der Waals surface area contributed by atoms with Crippen LogP contribution >= 0.6 is 0 Å². The van der Waals surface area contributed by atoms with Crippen LogP contribution in [0.5, 0.6) is 23.0 Å². The molecule has 5 aromatic rings. The number of anilines is 1. The molecule has 0 bridgehead atoms. The lowest BCUT2D eigenvalue weighted by atomic mass is 10.0. The SMILES string of the molecule is COc1ccc(CCc2c(-c3ccc(OC)cc3)nc(N(C(=O)c3ccc(OC)cc3)C(=O)c3ccc(OC)cc3)n2C)cc1. The van der Waals surface area contributed by atoms with Crippen LogP contribution in [-0.2, 0) is 19.9 Å². The average molecular weight is 606 g/mol. The van der Waals surface area contributed by atoms with E-state index in [0.29, 0.717) is 46.9 Å². The molecule has 0 saturated carbocycles. The summed E-state index contributed by atoms with van der Waals surface area (Å²) in [5, 5.41) is 0. The number of ether oxygens (including phenoxy) is 4. The third-order valence-electron chi connectivity index (χ3n) is 7.64. The summed E-state index contributed by atoms with van der Waals surface area (Å²) >= 11 is 0. The quantitative estimate of drug-likeness (QED) is 0.161. The van der Waals surface area contributed by atoms with Gasteiger partial charge in [-0.3, -0.25) is 9.59 Å². The van der Waals surface area contributed by atoms with Crippen molar-refractivity contribution in [3.63, 3.8) is 0 Å². The Labute approximate surface area is 262 Å². The molecule has 0 aliphatic rings. The van der Waals surface area contributed by atoms with Gasteiger partial charge < -0.3 is 23.5 Å². The van der Waals surface area contributed by atoms with Gasteiger partial charge in [-0.05, 0) is 103 Å². The zero-order valence-corrected chi connectivity index (χ0v) is 25.9. The van der Waals surface area contributed by atoms with Crippen molar-refractivity contribution >= 4 is 17.8 Å². The summed E-state index contributed by atoms with van der Waals surface area (Å²) in [7, 11) is 8.19. The van der Waals surface area contributed by atoms with Gasteiger partial charge in [-0.15, -0.1) is 0 Å². The van der Waals surface area contributed by atoms with Crippen LogP contribution in [0.25, 0.3) is 11.3 Å². The summed E-state index contributed by atoms with van der Waals surface area (Å²) in [6.45, 7) is 0. The predicted molar refractivity (Wildman–Crippen MR) is 173 cm³/mol. The van der Waals surface area contributed by atoms with Crippen LogP contribution < -0.4 is 23.8 Å². The molecule has 0 aliphatic carbocycles. The number of amides is 2. The first kappa shape index (κ1) is 30.9. The first-order chi connectivity index (χ1) is 21.9. The summed E-state index contributed by atoms with van der Waals surface area (Å²) in [4.78, 5) is 34.5. The van der Waals surface area contributed by atoms with Gasteiger partial charge in [0.15, 0.2) is 0 Å². The molecule has 0 saturated heterocycles. The van der Waals surface area contributed by atoms with E-state index in [0.717, 1.165) is 27.5 Å². The Bertz CT molecular complexity index is 1700. The molecular formula is C36H35N3O6. The number of aromatic nitrogens is 2. The highest BCUT2D eigenvalue weighted by molar-refractivity contribution is 6.25. The Balaban J connectivity index is 1.62. The van der Waals surface area contributed by atoms with E-state index in [1.165, 1.54) is 0 Å². The molecule has 0 radical (unpaired) electrons. The molecule has 1 heterocycles. The van der Waals surface area contributed by atoms with Gasteiger partial charge in [0.25, 0.3) is 11.8 Å². The second-order valence-corrected chi connectivity index (χ2v) is 10.2. The number of hydrogen-bond donors (Lipinski definition) is 0. The van der Waals surface area contributed by atoms with E-state index < -0.39 is 11.8 Å². The third-order valence-corrected chi connectivity index (χ3v) is 7.64. The lowest BCUT2D eigenvalue weighted by molar-refractivity contribution is 0.0894. The number of imidazole rings is 1. The maximum atomic E-state index is 14.2. The number of imide groups is 1. The second-order valence-electron chi connectivity index (χ2n) is 10.2. The number of methoxy groups -OCH3 is 4. The first-order valence-electron chi connectivity index (χ1n) is 14.4. The average Bonchev–Trinajstić information content (AvgIpc) is 3.42. The Morgan fingerprint density at radius 2 is 1.00 bits per heavy atom. The molecule has 5 rings (SSSR count). The summed E-state index contributed by atoms with van der Waals surface area (Å²) < 4.78 is 23.1. The van der Waals surface area contributed by atoms with Crippen molar-refractivity contribution in [2.45, 2.75) is 12.8 Å². The molecule has 0 atom stereocenters. The molecule has 9 nitrogen and oxygen atoms in total. The van der Waals surface area contributed by atoms with Gasteiger partial charge in [0.1, 0.15) is 23.0 Å². The third kappa shape index (κ3) is 6.67. The number of nitrogens with zero attached hydrogens (tertiary/aromatic N) is 3. The van der Waals surface area contributed by atoms with Gasteiger partial charge in [0.2, 0.25) is 5.95 Å². The number of rotatable bonds is 11.